The lowest BCUT2D eigenvalue weighted by molar-refractivity contribution is -0.274. The maximum Gasteiger partial charge on any atom is 0.573 e. The van der Waals surface area contributed by atoms with Gasteiger partial charge in [0.1, 0.15) is 11.6 Å². The minimum atomic E-state index is -5.08. The van der Waals surface area contributed by atoms with Crippen LogP contribution in [0.4, 0.5) is 23.2 Å². The summed E-state index contributed by atoms with van der Waals surface area (Å²) in [5.41, 5.74) is 0.331. The fourth-order valence-electron chi connectivity index (χ4n) is 4.27. The van der Waals surface area contributed by atoms with Crippen molar-refractivity contribution in [2.24, 2.45) is 0 Å². The summed E-state index contributed by atoms with van der Waals surface area (Å²) in [5, 5.41) is 16.0. The molecule has 0 saturated carbocycles. The first kappa shape index (κ1) is 27.6. The molecule has 1 heterocycles. The number of ether oxygens (including phenoxy) is 1. The van der Waals surface area contributed by atoms with E-state index in [0.717, 1.165) is 34.7 Å². The van der Waals surface area contributed by atoms with Gasteiger partial charge in [-0.1, -0.05) is 30.3 Å². The van der Waals surface area contributed by atoms with Crippen LogP contribution in [0.15, 0.2) is 66.9 Å². The van der Waals surface area contributed by atoms with E-state index in [9.17, 15) is 32.3 Å². The van der Waals surface area contributed by atoms with Crippen LogP contribution in [0.2, 0.25) is 0 Å². The maximum absolute atomic E-state index is 14.5. The quantitative estimate of drug-likeness (QED) is 0.219. The highest BCUT2D eigenvalue weighted by Gasteiger charge is 2.34. The Balaban J connectivity index is 1.67. The molecule has 1 unspecified atom stereocenters. The lowest BCUT2D eigenvalue weighted by atomic mass is 9.92. The number of hydrogen-bond acceptors (Lipinski definition) is 4. The molecule has 7 nitrogen and oxygen atoms in total. The Morgan fingerprint density at radius 2 is 1.72 bits per heavy atom. The highest BCUT2D eigenvalue weighted by Crippen LogP contribution is 2.33. The molecule has 4 rings (SSSR count). The first-order valence-electron chi connectivity index (χ1n) is 11.8. The van der Waals surface area contributed by atoms with Crippen LogP contribution in [-0.2, 0) is 11.2 Å². The first-order chi connectivity index (χ1) is 18.4. The fraction of sp³-hybridized carbons (Fsp3) is 0.214. The van der Waals surface area contributed by atoms with Gasteiger partial charge in [-0.2, -0.15) is 0 Å². The first-order valence-corrected chi connectivity index (χ1v) is 11.8. The van der Waals surface area contributed by atoms with Crippen molar-refractivity contribution in [3.8, 4) is 16.9 Å². The van der Waals surface area contributed by atoms with E-state index in [4.69, 9.17) is 0 Å². The highest BCUT2D eigenvalue weighted by molar-refractivity contribution is 5.99. The molecule has 1 aromatic heterocycles. The zero-order valence-electron chi connectivity index (χ0n) is 20.9. The number of fused-ring (bicyclic) bond motifs is 1. The van der Waals surface area contributed by atoms with Gasteiger partial charge in [0.25, 0.3) is 5.91 Å². The number of alkyl halides is 3. The van der Waals surface area contributed by atoms with Gasteiger partial charge in [0, 0.05) is 24.0 Å². The van der Waals surface area contributed by atoms with Crippen molar-refractivity contribution >= 4 is 28.4 Å². The average molecular weight is 544 g/mol. The summed E-state index contributed by atoms with van der Waals surface area (Å²) in [4.78, 5) is 27.7. The molecule has 0 spiro atoms. The van der Waals surface area contributed by atoms with Gasteiger partial charge >= 0.3 is 6.36 Å². The Hall–Kier alpha value is -4.38. The van der Waals surface area contributed by atoms with Crippen molar-refractivity contribution in [3.63, 3.8) is 0 Å². The van der Waals surface area contributed by atoms with Crippen LogP contribution >= 0.6 is 0 Å². The molecule has 0 saturated heterocycles. The number of nitrogens with one attached hydrogen (secondary N) is 3. The monoisotopic (exact) mass is 543 g/mol. The second kappa shape index (κ2) is 10.8. The van der Waals surface area contributed by atoms with Gasteiger partial charge in [0.15, 0.2) is 0 Å². The number of rotatable bonds is 8. The topological polar surface area (TPSA) is 103 Å². The number of para-hydroxylation sites is 1. The molecule has 0 aliphatic carbocycles. The highest BCUT2D eigenvalue weighted by atomic mass is 19.4. The van der Waals surface area contributed by atoms with Crippen LogP contribution < -0.4 is 15.4 Å². The minimum absolute atomic E-state index is 0.0720. The third kappa shape index (κ3) is 6.55. The summed E-state index contributed by atoms with van der Waals surface area (Å²) in [6, 6.07) is 14.6. The number of aromatic nitrogens is 1. The summed E-state index contributed by atoms with van der Waals surface area (Å²) in [6.45, 7) is 2.27. The number of benzene rings is 3. The summed E-state index contributed by atoms with van der Waals surface area (Å²) >= 11 is 0. The predicted octanol–water partition coefficient (Wildman–Crippen LogP) is 5.55. The number of hydrogen-bond donors (Lipinski definition) is 4. The van der Waals surface area contributed by atoms with Crippen molar-refractivity contribution in [2.75, 3.05) is 11.9 Å². The Bertz CT molecular complexity index is 1530. The molecule has 3 aromatic carbocycles. The number of aromatic amines is 1. The number of carbonyl (C=O) groups excluding carboxylic acids is 2. The molecule has 0 aliphatic heterocycles. The summed E-state index contributed by atoms with van der Waals surface area (Å²) in [7, 11) is 0. The van der Waals surface area contributed by atoms with Crippen molar-refractivity contribution in [1.82, 2.24) is 10.3 Å². The Morgan fingerprint density at radius 1 is 1.03 bits per heavy atom. The van der Waals surface area contributed by atoms with Crippen LogP contribution in [0.1, 0.15) is 29.8 Å². The lowest BCUT2D eigenvalue weighted by Crippen LogP contribution is -2.50. The van der Waals surface area contributed by atoms with Gasteiger partial charge in [-0.25, -0.2) is 4.39 Å². The van der Waals surface area contributed by atoms with Crippen molar-refractivity contribution < 1.29 is 37.0 Å². The number of aliphatic hydroxyl groups is 1. The van der Waals surface area contributed by atoms with Crippen molar-refractivity contribution in [3.05, 3.63) is 83.8 Å². The number of amides is 2. The molecule has 0 fully saturated rings. The van der Waals surface area contributed by atoms with Gasteiger partial charge < -0.3 is 25.5 Å². The van der Waals surface area contributed by atoms with Crippen LogP contribution in [0.3, 0.4) is 0 Å². The summed E-state index contributed by atoms with van der Waals surface area (Å²) in [6.07, 6.45) is -3.17. The third-order valence-corrected chi connectivity index (χ3v) is 6.08. The standard InChI is InChI=1S/C28H25F4N3O4/c1-16(37)34-24-9-7-18(12-22(24)29)17-8-10-25(39-28(30,31)32)21(11-17)26(38)35-27(2,15-36)13-19-14-33-23-6-4-3-5-20(19)23/h3-12,14,33,36H,13,15H2,1-2H3,(H,34,37)(H,35,38). The average Bonchev–Trinajstić information content (AvgIpc) is 3.26. The molecule has 1 atom stereocenters. The zero-order chi connectivity index (χ0) is 28.4. The Morgan fingerprint density at radius 3 is 2.38 bits per heavy atom. The van der Waals surface area contributed by atoms with E-state index in [2.05, 4.69) is 20.4 Å². The molecule has 4 N–H and O–H groups in total. The smallest absolute Gasteiger partial charge is 0.405 e. The summed E-state index contributed by atoms with van der Waals surface area (Å²) in [5.74, 6) is -2.93. The van der Waals surface area contributed by atoms with Crippen molar-refractivity contribution in [2.45, 2.75) is 32.2 Å². The molecule has 2 amide bonds. The lowest BCUT2D eigenvalue weighted by Gasteiger charge is -2.29. The van der Waals surface area contributed by atoms with Gasteiger partial charge in [-0.15, -0.1) is 13.2 Å². The minimum Gasteiger partial charge on any atom is -0.405 e. The van der Waals surface area contributed by atoms with E-state index >= 15 is 0 Å². The number of aliphatic hydroxyl groups excluding tert-OH is 1. The van der Waals surface area contributed by atoms with E-state index in [1.807, 2.05) is 24.3 Å². The second-order valence-electron chi connectivity index (χ2n) is 9.34. The normalized spacial score (nSPS) is 13.1. The van der Waals surface area contributed by atoms with E-state index in [1.54, 1.807) is 13.1 Å². The van der Waals surface area contributed by atoms with E-state index in [-0.39, 0.29) is 23.2 Å². The van der Waals surface area contributed by atoms with Crippen LogP contribution in [0, 0.1) is 5.82 Å². The van der Waals surface area contributed by atoms with Crippen LogP contribution in [-0.4, -0.2) is 40.4 Å². The van der Waals surface area contributed by atoms with Gasteiger partial charge in [0.05, 0.1) is 23.4 Å². The molecule has 39 heavy (non-hydrogen) atoms. The number of H-pyrrole nitrogens is 1. The molecule has 0 aliphatic rings. The number of carbonyl (C=O) groups is 2. The van der Waals surface area contributed by atoms with E-state index in [0.29, 0.717) is 0 Å². The fourth-order valence-corrected chi connectivity index (χ4v) is 4.27. The van der Waals surface area contributed by atoms with E-state index < -0.39 is 47.5 Å². The number of anilines is 1. The predicted molar refractivity (Wildman–Crippen MR) is 138 cm³/mol. The number of halogens is 4. The molecular formula is C28H25F4N3O4. The van der Waals surface area contributed by atoms with Crippen LogP contribution in [0.25, 0.3) is 22.0 Å². The second-order valence-corrected chi connectivity index (χ2v) is 9.34. The third-order valence-electron chi connectivity index (χ3n) is 6.08. The summed E-state index contributed by atoms with van der Waals surface area (Å²) < 4.78 is 58.0. The van der Waals surface area contributed by atoms with Crippen LogP contribution in [0.5, 0.6) is 5.75 Å². The molecule has 11 heteroatoms. The maximum atomic E-state index is 14.5. The zero-order valence-corrected chi connectivity index (χ0v) is 20.9. The van der Waals surface area contributed by atoms with Gasteiger partial charge in [-0.05, 0) is 60.4 Å². The molecule has 204 valence electrons. The van der Waals surface area contributed by atoms with E-state index in [1.165, 1.54) is 25.1 Å². The van der Waals surface area contributed by atoms with Gasteiger partial charge in [-0.3, -0.25) is 9.59 Å². The largest absolute Gasteiger partial charge is 0.573 e. The SMILES string of the molecule is CC(=O)Nc1ccc(-c2ccc(OC(F)(F)F)c(C(=O)NC(C)(CO)Cc3c[nH]c4ccccc34)c2)cc1F. The molecule has 4 aromatic rings. The van der Waals surface area contributed by atoms with Gasteiger partial charge in [0.2, 0.25) is 5.91 Å². The Labute approximate surface area is 220 Å². The van der Waals surface area contributed by atoms with Crippen molar-refractivity contribution in [1.29, 1.82) is 0 Å². The molecular weight excluding hydrogens is 518 g/mol. The Kier molecular flexibility index (Phi) is 7.64. The molecule has 0 bridgehead atoms. The molecule has 0 radical (unpaired) electrons.